The van der Waals surface area contributed by atoms with E-state index in [1.165, 1.54) is 12.1 Å². The van der Waals surface area contributed by atoms with E-state index in [9.17, 15) is 4.39 Å². The van der Waals surface area contributed by atoms with Crippen LogP contribution in [-0.4, -0.2) is 6.04 Å². The maximum absolute atomic E-state index is 13.3. The first-order chi connectivity index (χ1) is 9.47. The van der Waals surface area contributed by atoms with Gasteiger partial charge in [-0.3, -0.25) is 0 Å². The summed E-state index contributed by atoms with van der Waals surface area (Å²) in [6.07, 6.45) is -0.380. The maximum Gasteiger partial charge on any atom is 0.139 e. The van der Waals surface area contributed by atoms with Gasteiger partial charge in [0.05, 0.1) is 0 Å². The first kappa shape index (κ1) is 14.8. The molecule has 4 heteroatoms. The number of halogens is 2. The zero-order valence-corrected chi connectivity index (χ0v) is 12.2. The fraction of sp³-hybridized carbons (Fsp3) is 0.250. The van der Waals surface area contributed by atoms with Gasteiger partial charge in [-0.25, -0.2) is 4.39 Å². The molecule has 20 heavy (non-hydrogen) atoms. The van der Waals surface area contributed by atoms with Gasteiger partial charge in [0, 0.05) is 17.1 Å². The summed E-state index contributed by atoms with van der Waals surface area (Å²) in [5, 5.41) is 0.618. The van der Waals surface area contributed by atoms with E-state index in [-0.39, 0.29) is 18.0 Å². The molecule has 106 valence electrons. The van der Waals surface area contributed by atoms with E-state index >= 15 is 0 Å². The Bertz CT molecular complexity index is 601. The molecular formula is C16H17ClFNO. The van der Waals surface area contributed by atoms with Crippen molar-refractivity contribution >= 4 is 11.6 Å². The lowest BCUT2D eigenvalue weighted by Crippen LogP contribution is -2.29. The topological polar surface area (TPSA) is 35.2 Å². The molecule has 0 aromatic heterocycles. The molecule has 0 fully saturated rings. The molecule has 2 rings (SSSR count). The maximum atomic E-state index is 13.3. The van der Waals surface area contributed by atoms with Crippen LogP contribution in [0.5, 0.6) is 5.75 Å². The Morgan fingerprint density at radius 1 is 1.20 bits per heavy atom. The molecule has 0 saturated carbocycles. The van der Waals surface area contributed by atoms with Crippen LogP contribution in [0.25, 0.3) is 0 Å². The van der Waals surface area contributed by atoms with Crippen molar-refractivity contribution in [3.8, 4) is 5.75 Å². The smallest absolute Gasteiger partial charge is 0.139 e. The predicted octanol–water partition coefficient (Wildman–Crippen LogP) is 4.25. The van der Waals surface area contributed by atoms with E-state index in [1.54, 1.807) is 12.1 Å². The van der Waals surface area contributed by atoms with Crippen LogP contribution in [0, 0.1) is 12.7 Å². The summed E-state index contributed by atoms with van der Waals surface area (Å²) in [6.45, 7) is 3.71. The van der Waals surface area contributed by atoms with Crippen molar-refractivity contribution < 1.29 is 9.13 Å². The van der Waals surface area contributed by atoms with Crippen molar-refractivity contribution in [3.05, 3.63) is 64.4 Å². The van der Waals surface area contributed by atoms with Gasteiger partial charge in [-0.15, -0.1) is 0 Å². The predicted molar refractivity (Wildman–Crippen MR) is 79.6 cm³/mol. The lowest BCUT2D eigenvalue weighted by Gasteiger charge is -2.24. The molecule has 0 bridgehead atoms. The fourth-order valence-electron chi connectivity index (χ4n) is 2.00. The summed E-state index contributed by atoms with van der Waals surface area (Å²) >= 11 is 6.00. The molecule has 0 aliphatic heterocycles. The molecule has 2 aromatic carbocycles. The van der Waals surface area contributed by atoms with Crippen molar-refractivity contribution in [1.82, 2.24) is 0 Å². The highest BCUT2D eigenvalue weighted by Gasteiger charge is 2.19. The quantitative estimate of drug-likeness (QED) is 0.914. The Morgan fingerprint density at radius 2 is 1.95 bits per heavy atom. The summed E-state index contributed by atoms with van der Waals surface area (Å²) in [5.74, 6) is 0.160. The van der Waals surface area contributed by atoms with Crippen LogP contribution < -0.4 is 10.5 Å². The largest absolute Gasteiger partial charge is 0.484 e. The van der Waals surface area contributed by atoms with Crippen molar-refractivity contribution in [2.45, 2.75) is 26.0 Å². The highest BCUT2D eigenvalue weighted by molar-refractivity contribution is 6.30. The van der Waals surface area contributed by atoms with E-state index in [1.807, 2.05) is 32.0 Å². The first-order valence-electron chi connectivity index (χ1n) is 6.41. The number of ether oxygens (including phenoxy) is 1. The molecule has 2 unspecified atom stereocenters. The van der Waals surface area contributed by atoms with Crippen molar-refractivity contribution in [3.63, 3.8) is 0 Å². The summed E-state index contributed by atoms with van der Waals surface area (Å²) in [5.41, 5.74) is 7.72. The molecule has 0 heterocycles. The van der Waals surface area contributed by atoms with Crippen LogP contribution in [0.4, 0.5) is 4.39 Å². The van der Waals surface area contributed by atoms with Crippen LogP contribution in [0.3, 0.4) is 0 Å². The summed E-state index contributed by atoms with van der Waals surface area (Å²) in [4.78, 5) is 0. The average molecular weight is 294 g/mol. The van der Waals surface area contributed by atoms with Gasteiger partial charge in [0.1, 0.15) is 17.7 Å². The molecule has 0 aliphatic carbocycles. The van der Waals surface area contributed by atoms with Crippen LogP contribution in [-0.2, 0) is 0 Å². The number of aryl methyl sites for hydroxylation is 1. The van der Waals surface area contributed by atoms with Crippen molar-refractivity contribution in [2.75, 3.05) is 0 Å². The van der Waals surface area contributed by atoms with E-state index in [0.717, 1.165) is 11.1 Å². The Morgan fingerprint density at radius 3 is 2.60 bits per heavy atom. The number of hydrogen-bond acceptors (Lipinski definition) is 2. The van der Waals surface area contributed by atoms with E-state index < -0.39 is 0 Å². The second kappa shape index (κ2) is 6.25. The van der Waals surface area contributed by atoms with Crippen LogP contribution >= 0.6 is 11.6 Å². The van der Waals surface area contributed by atoms with Gasteiger partial charge in [-0.1, -0.05) is 29.8 Å². The summed E-state index contributed by atoms with van der Waals surface area (Å²) in [7, 11) is 0. The molecule has 2 nitrogen and oxygen atoms in total. The van der Waals surface area contributed by atoms with Crippen LogP contribution in [0.15, 0.2) is 42.5 Å². The standard InChI is InChI=1S/C16H17ClFNO/c1-10-6-7-14(18)9-15(10)20-16(11(2)19)12-4-3-5-13(17)8-12/h3-9,11,16H,19H2,1-2H3. The van der Waals surface area contributed by atoms with Gasteiger partial charge in [-0.2, -0.15) is 0 Å². The highest BCUT2D eigenvalue weighted by Crippen LogP contribution is 2.28. The van der Waals surface area contributed by atoms with Crippen molar-refractivity contribution in [2.24, 2.45) is 5.73 Å². The number of rotatable bonds is 4. The van der Waals surface area contributed by atoms with Gasteiger partial charge in [0.2, 0.25) is 0 Å². The molecule has 2 N–H and O–H groups in total. The zero-order chi connectivity index (χ0) is 14.7. The van der Waals surface area contributed by atoms with Crippen LogP contribution in [0.1, 0.15) is 24.2 Å². The van der Waals surface area contributed by atoms with Crippen molar-refractivity contribution in [1.29, 1.82) is 0 Å². The summed E-state index contributed by atoms with van der Waals surface area (Å²) in [6, 6.07) is 11.5. The van der Waals surface area contributed by atoms with Gasteiger partial charge >= 0.3 is 0 Å². The number of hydrogen-bond donors (Lipinski definition) is 1. The second-order valence-electron chi connectivity index (χ2n) is 4.86. The normalized spacial score (nSPS) is 13.8. The van der Waals surface area contributed by atoms with Crippen LogP contribution in [0.2, 0.25) is 5.02 Å². The van der Waals surface area contributed by atoms with Gasteiger partial charge in [0.15, 0.2) is 0 Å². The fourth-order valence-corrected chi connectivity index (χ4v) is 2.20. The lowest BCUT2D eigenvalue weighted by molar-refractivity contribution is 0.178. The molecule has 2 aromatic rings. The highest BCUT2D eigenvalue weighted by atomic mass is 35.5. The third-order valence-corrected chi connectivity index (χ3v) is 3.29. The molecular weight excluding hydrogens is 277 g/mol. The number of benzene rings is 2. The third-order valence-electron chi connectivity index (χ3n) is 3.06. The molecule has 0 spiro atoms. The first-order valence-corrected chi connectivity index (χ1v) is 6.79. The minimum Gasteiger partial charge on any atom is -0.484 e. The Balaban J connectivity index is 2.33. The average Bonchev–Trinajstić information content (AvgIpc) is 2.39. The molecule has 0 saturated heterocycles. The minimum atomic E-state index is -0.380. The lowest BCUT2D eigenvalue weighted by atomic mass is 10.0. The molecule has 2 atom stereocenters. The molecule has 0 radical (unpaired) electrons. The van der Waals surface area contributed by atoms with Gasteiger partial charge in [0.25, 0.3) is 0 Å². The molecule has 0 aliphatic rings. The Labute approximate surface area is 123 Å². The van der Waals surface area contributed by atoms with E-state index in [4.69, 9.17) is 22.1 Å². The monoisotopic (exact) mass is 293 g/mol. The second-order valence-corrected chi connectivity index (χ2v) is 5.30. The van der Waals surface area contributed by atoms with Gasteiger partial charge in [-0.05, 0) is 43.2 Å². The third kappa shape index (κ3) is 3.50. The zero-order valence-electron chi connectivity index (χ0n) is 11.4. The summed E-state index contributed by atoms with van der Waals surface area (Å²) < 4.78 is 19.2. The molecule has 0 amide bonds. The van der Waals surface area contributed by atoms with Gasteiger partial charge < -0.3 is 10.5 Å². The SMILES string of the molecule is Cc1ccc(F)cc1OC(c1cccc(Cl)c1)C(C)N. The van der Waals surface area contributed by atoms with E-state index in [2.05, 4.69) is 0 Å². The number of nitrogens with two attached hydrogens (primary N) is 1. The van der Waals surface area contributed by atoms with E-state index in [0.29, 0.717) is 10.8 Å². The minimum absolute atomic E-state index is 0.254. The Kier molecular flexibility index (Phi) is 4.63. The Hall–Kier alpha value is -1.58.